The zero-order chi connectivity index (χ0) is 11.7. The summed E-state index contributed by atoms with van der Waals surface area (Å²) < 4.78 is 13.4. The lowest BCUT2D eigenvalue weighted by atomic mass is 10.1. The topological polar surface area (TPSA) is 12.9 Å². The number of rotatable bonds is 1. The van der Waals surface area contributed by atoms with Crippen molar-refractivity contribution < 1.29 is 4.39 Å². The summed E-state index contributed by atoms with van der Waals surface area (Å²) in [5.41, 5.74) is 0.771. The van der Waals surface area contributed by atoms with Gasteiger partial charge in [0.2, 0.25) is 5.95 Å². The minimum absolute atomic E-state index is 0.297. The predicted molar refractivity (Wildman–Crippen MR) is 64.7 cm³/mol. The van der Waals surface area contributed by atoms with Crippen LogP contribution in [-0.2, 0) is 0 Å². The molecule has 5 heteroatoms. The van der Waals surface area contributed by atoms with Crippen molar-refractivity contribution in [2.45, 2.75) is 0 Å². The third kappa shape index (κ3) is 2.14. The molecule has 0 aliphatic rings. The first-order chi connectivity index (χ1) is 7.59. The van der Waals surface area contributed by atoms with Crippen LogP contribution in [0.25, 0.3) is 11.1 Å². The van der Waals surface area contributed by atoms with E-state index in [1.54, 1.807) is 12.1 Å². The quantitative estimate of drug-likeness (QED) is 0.536. The summed E-state index contributed by atoms with van der Waals surface area (Å²) in [6.07, 6.45) is 1.37. The molecule has 0 radical (unpaired) electrons. The summed E-state index contributed by atoms with van der Waals surface area (Å²) in [5.74, 6) is -0.595. The molecule has 2 aromatic rings. The fourth-order valence-electron chi connectivity index (χ4n) is 1.32. The predicted octanol–water partition coefficient (Wildman–Crippen LogP) is 4.85. The van der Waals surface area contributed by atoms with Gasteiger partial charge in [0.05, 0.1) is 15.1 Å². The maximum atomic E-state index is 13.4. The minimum Gasteiger partial charge on any atom is -0.228 e. The zero-order valence-electron chi connectivity index (χ0n) is 7.85. The molecule has 0 spiro atoms. The fraction of sp³-hybridized carbons (Fsp3) is 0. The van der Waals surface area contributed by atoms with Crippen molar-refractivity contribution >= 4 is 34.8 Å². The smallest absolute Gasteiger partial charge is 0.220 e. The molecule has 0 saturated heterocycles. The molecule has 1 heterocycles. The van der Waals surface area contributed by atoms with Crippen LogP contribution in [0, 0.1) is 5.95 Å². The SMILES string of the molecule is Fc1ncccc1-c1cc(Cl)c(Cl)cc1Cl. The molecule has 0 N–H and O–H groups in total. The van der Waals surface area contributed by atoms with E-state index in [0.717, 1.165) is 0 Å². The zero-order valence-corrected chi connectivity index (χ0v) is 10.1. The Morgan fingerprint density at radius 1 is 0.938 bits per heavy atom. The first-order valence-corrected chi connectivity index (χ1v) is 5.48. The van der Waals surface area contributed by atoms with Gasteiger partial charge in [0.25, 0.3) is 0 Å². The first-order valence-electron chi connectivity index (χ1n) is 4.35. The molecule has 1 aromatic carbocycles. The number of hydrogen-bond acceptors (Lipinski definition) is 1. The van der Waals surface area contributed by atoms with E-state index in [1.807, 2.05) is 0 Å². The number of hydrogen-bond donors (Lipinski definition) is 0. The van der Waals surface area contributed by atoms with Gasteiger partial charge in [0, 0.05) is 17.3 Å². The Labute approximate surface area is 107 Å². The third-order valence-corrected chi connectivity index (χ3v) is 3.09. The van der Waals surface area contributed by atoms with Crippen LogP contribution in [-0.4, -0.2) is 4.98 Å². The Morgan fingerprint density at radius 3 is 2.31 bits per heavy atom. The van der Waals surface area contributed by atoms with E-state index in [0.29, 0.717) is 26.2 Å². The number of halogens is 4. The normalized spacial score (nSPS) is 10.5. The molecule has 0 aliphatic carbocycles. The molecule has 82 valence electrons. The molecular formula is C11H5Cl3FN. The van der Waals surface area contributed by atoms with Gasteiger partial charge in [-0.15, -0.1) is 0 Å². The Hall–Kier alpha value is -0.830. The van der Waals surface area contributed by atoms with Gasteiger partial charge in [0.1, 0.15) is 0 Å². The highest BCUT2D eigenvalue weighted by atomic mass is 35.5. The van der Waals surface area contributed by atoms with Crippen LogP contribution >= 0.6 is 34.8 Å². The average Bonchev–Trinajstić information content (AvgIpc) is 2.25. The molecule has 0 aliphatic heterocycles. The highest BCUT2D eigenvalue weighted by Crippen LogP contribution is 2.35. The van der Waals surface area contributed by atoms with Gasteiger partial charge in [0.15, 0.2) is 0 Å². The average molecular weight is 277 g/mol. The van der Waals surface area contributed by atoms with Crippen molar-refractivity contribution in [1.29, 1.82) is 0 Å². The van der Waals surface area contributed by atoms with Gasteiger partial charge < -0.3 is 0 Å². The van der Waals surface area contributed by atoms with Gasteiger partial charge in [-0.25, -0.2) is 4.98 Å². The summed E-state index contributed by atoms with van der Waals surface area (Å²) in [5, 5.41) is 0.991. The number of aromatic nitrogens is 1. The highest BCUT2D eigenvalue weighted by Gasteiger charge is 2.11. The van der Waals surface area contributed by atoms with Crippen LogP contribution in [0.3, 0.4) is 0 Å². The Bertz CT molecular complexity index is 543. The molecule has 16 heavy (non-hydrogen) atoms. The highest BCUT2D eigenvalue weighted by molar-refractivity contribution is 6.44. The van der Waals surface area contributed by atoms with Crippen LogP contribution < -0.4 is 0 Å². The second-order valence-electron chi connectivity index (χ2n) is 3.09. The van der Waals surface area contributed by atoms with E-state index < -0.39 is 5.95 Å². The van der Waals surface area contributed by atoms with E-state index in [1.165, 1.54) is 18.3 Å². The van der Waals surface area contributed by atoms with E-state index in [2.05, 4.69) is 4.98 Å². The van der Waals surface area contributed by atoms with E-state index >= 15 is 0 Å². The van der Waals surface area contributed by atoms with Crippen molar-refractivity contribution in [2.75, 3.05) is 0 Å². The van der Waals surface area contributed by atoms with Gasteiger partial charge in [-0.05, 0) is 24.3 Å². The van der Waals surface area contributed by atoms with Gasteiger partial charge in [-0.2, -0.15) is 4.39 Å². The van der Waals surface area contributed by atoms with Gasteiger partial charge >= 0.3 is 0 Å². The van der Waals surface area contributed by atoms with Crippen molar-refractivity contribution in [1.82, 2.24) is 4.98 Å². The maximum Gasteiger partial charge on any atom is 0.220 e. The van der Waals surface area contributed by atoms with Crippen LogP contribution in [0.4, 0.5) is 4.39 Å². The maximum absolute atomic E-state index is 13.4. The molecule has 1 nitrogen and oxygen atoms in total. The Morgan fingerprint density at radius 2 is 1.62 bits per heavy atom. The molecule has 0 bridgehead atoms. The summed E-state index contributed by atoms with van der Waals surface area (Å²) in [4.78, 5) is 3.55. The van der Waals surface area contributed by atoms with Crippen LogP contribution in [0.1, 0.15) is 0 Å². The summed E-state index contributed by atoms with van der Waals surface area (Å²) in [6, 6.07) is 6.20. The van der Waals surface area contributed by atoms with Crippen LogP contribution in [0.5, 0.6) is 0 Å². The molecule has 2 rings (SSSR count). The second kappa shape index (κ2) is 4.58. The van der Waals surface area contributed by atoms with E-state index in [9.17, 15) is 4.39 Å². The van der Waals surface area contributed by atoms with Crippen molar-refractivity contribution in [3.63, 3.8) is 0 Å². The van der Waals surface area contributed by atoms with E-state index in [-0.39, 0.29) is 0 Å². The largest absolute Gasteiger partial charge is 0.228 e. The lowest BCUT2D eigenvalue weighted by Crippen LogP contribution is -1.89. The van der Waals surface area contributed by atoms with Gasteiger partial charge in [-0.1, -0.05) is 34.8 Å². The third-order valence-electron chi connectivity index (χ3n) is 2.06. The van der Waals surface area contributed by atoms with Gasteiger partial charge in [-0.3, -0.25) is 0 Å². The summed E-state index contributed by atoms with van der Waals surface area (Å²) in [6.45, 7) is 0. The molecular weight excluding hydrogens is 271 g/mol. The Kier molecular flexibility index (Phi) is 3.33. The molecule has 0 atom stereocenters. The van der Waals surface area contributed by atoms with Crippen molar-refractivity contribution in [2.24, 2.45) is 0 Å². The summed E-state index contributed by atoms with van der Waals surface area (Å²) in [7, 11) is 0. The van der Waals surface area contributed by atoms with E-state index in [4.69, 9.17) is 34.8 Å². The lowest BCUT2D eigenvalue weighted by molar-refractivity contribution is 0.587. The van der Waals surface area contributed by atoms with Crippen LogP contribution in [0.15, 0.2) is 30.5 Å². The first kappa shape index (κ1) is 11.6. The number of nitrogens with zero attached hydrogens (tertiary/aromatic N) is 1. The Balaban J connectivity index is 2.65. The van der Waals surface area contributed by atoms with Crippen molar-refractivity contribution in [3.8, 4) is 11.1 Å². The molecule has 0 fully saturated rings. The second-order valence-corrected chi connectivity index (χ2v) is 4.31. The molecule has 0 amide bonds. The van der Waals surface area contributed by atoms with Crippen LogP contribution in [0.2, 0.25) is 15.1 Å². The molecule has 1 aromatic heterocycles. The monoisotopic (exact) mass is 275 g/mol. The lowest BCUT2D eigenvalue weighted by Gasteiger charge is -2.06. The fourth-order valence-corrected chi connectivity index (χ4v) is 1.96. The minimum atomic E-state index is -0.595. The summed E-state index contributed by atoms with van der Waals surface area (Å²) >= 11 is 17.6. The number of benzene rings is 1. The molecule has 0 unspecified atom stereocenters. The van der Waals surface area contributed by atoms with Crippen molar-refractivity contribution in [3.05, 3.63) is 51.5 Å². The molecule has 0 saturated carbocycles. The number of pyridine rings is 1. The standard InChI is InChI=1S/C11H5Cl3FN/c12-8-5-10(14)9(13)4-7(8)6-2-1-3-16-11(6)15/h1-5H.